The van der Waals surface area contributed by atoms with Crippen molar-refractivity contribution < 1.29 is 13.9 Å². The maximum absolute atomic E-state index is 15.2. The van der Waals surface area contributed by atoms with Crippen LogP contribution in [0.4, 0.5) is 15.8 Å². The fraction of sp³-hybridized carbons (Fsp3) is 0.720. The quantitative estimate of drug-likeness (QED) is 0.722. The third kappa shape index (κ3) is 3.97. The molecule has 1 amide bonds. The van der Waals surface area contributed by atoms with Gasteiger partial charge in [-0.1, -0.05) is 6.42 Å². The van der Waals surface area contributed by atoms with E-state index in [9.17, 15) is 4.79 Å². The summed E-state index contributed by atoms with van der Waals surface area (Å²) in [4.78, 5) is 19.8. The molecular weight excluding hydrogens is 393 g/mol. The highest BCUT2D eigenvalue weighted by molar-refractivity contribution is 6.00. The van der Waals surface area contributed by atoms with E-state index in [0.29, 0.717) is 37.5 Å². The van der Waals surface area contributed by atoms with Crippen molar-refractivity contribution in [1.82, 2.24) is 4.90 Å². The van der Waals surface area contributed by atoms with E-state index in [1.54, 1.807) is 11.0 Å². The Hall–Kier alpha value is -1.66. The van der Waals surface area contributed by atoms with Crippen LogP contribution in [-0.4, -0.2) is 62.3 Å². The summed E-state index contributed by atoms with van der Waals surface area (Å²) in [5, 5.41) is 0. The number of amides is 1. The number of benzene rings is 1. The molecule has 1 spiro atoms. The van der Waals surface area contributed by atoms with Crippen molar-refractivity contribution in [2.24, 2.45) is 5.41 Å². The van der Waals surface area contributed by atoms with E-state index < -0.39 is 0 Å². The second kappa shape index (κ2) is 8.70. The van der Waals surface area contributed by atoms with Crippen molar-refractivity contribution in [3.8, 4) is 0 Å². The Morgan fingerprint density at radius 1 is 1.00 bits per heavy atom. The molecule has 4 heterocycles. The predicted molar refractivity (Wildman–Crippen MR) is 121 cm³/mol. The highest BCUT2D eigenvalue weighted by Crippen LogP contribution is 2.43. The van der Waals surface area contributed by atoms with Gasteiger partial charge in [-0.3, -0.25) is 9.69 Å². The van der Waals surface area contributed by atoms with E-state index in [1.165, 1.54) is 25.8 Å². The zero-order valence-electron chi connectivity index (χ0n) is 18.8. The van der Waals surface area contributed by atoms with Crippen LogP contribution in [0, 0.1) is 11.2 Å². The molecule has 0 radical (unpaired) electrons. The zero-order chi connectivity index (χ0) is 21.4. The van der Waals surface area contributed by atoms with E-state index in [0.717, 1.165) is 50.9 Å². The maximum Gasteiger partial charge on any atom is 0.233 e. The maximum atomic E-state index is 15.2. The minimum atomic E-state index is -0.336. The molecule has 5 nitrogen and oxygen atoms in total. The fourth-order valence-corrected chi connectivity index (χ4v) is 6.31. The largest absolute Gasteiger partial charge is 0.381 e. The van der Waals surface area contributed by atoms with Gasteiger partial charge in [0.05, 0.1) is 11.1 Å². The summed E-state index contributed by atoms with van der Waals surface area (Å²) in [5.74, 6) is -0.194. The molecule has 4 fully saturated rings. The van der Waals surface area contributed by atoms with Gasteiger partial charge in [0, 0.05) is 50.6 Å². The Morgan fingerprint density at radius 2 is 1.77 bits per heavy atom. The van der Waals surface area contributed by atoms with Crippen LogP contribution in [0.1, 0.15) is 58.3 Å². The molecule has 170 valence electrons. The first kappa shape index (κ1) is 21.2. The smallest absolute Gasteiger partial charge is 0.233 e. The zero-order valence-corrected chi connectivity index (χ0v) is 18.8. The van der Waals surface area contributed by atoms with Crippen LogP contribution >= 0.6 is 0 Å². The number of hydrogen-bond donors (Lipinski definition) is 0. The van der Waals surface area contributed by atoms with Crippen LogP contribution in [0.5, 0.6) is 0 Å². The van der Waals surface area contributed by atoms with Gasteiger partial charge in [-0.2, -0.15) is 0 Å². The Labute approximate surface area is 185 Å². The standard InChI is InChI=1S/C25H36FN3O2/c1-19-4-2-3-12-28(19)20-7-13-27(14-8-20)21-5-6-23(22(26)18-21)29-15-9-25(24(29)30)10-16-31-17-11-25/h5-6,18-20H,2-4,7-17H2,1H3/t19-/m0/s1. The summed E-state index contributed by atoms with van der Waals surface area (Å²) in [6.07, 6.45) is 8.59. The van der Waals surface area contributed by atoms with Crippen LogP contribution < -0.4 is 9.80 Å². The van der Waals surface area contributed by atoms with E-state index in [2.05, 4.69) is 16.7 Å². The van der Waals surface area contributed by atoms with E-state index >= 15 is 4.39 Å². The molecular formula is C25H36FN3O2. The first-order valence-corrected chi connectivity index (χ1v) is 12.3. The summed E-state index contributed by atoms with van der Waals surface area (Å²) in [6, 6.07) is 6.82. The van der Waals surface area contributed by atoms with Crippen LogP contribution in [0.3, 0.4) is 0 Å². The molecule has 4 aliphatic rings. The lowest BCUT2D eigenvalue weighted by Crippen LogP contribution is -2.50. The minimum absolute atomic E-state index is 0.0823. The van der Waals surface area contributed by atoms with Crippen LogP contribution in [-0.2, 0) is 9.53 Å². The molecule has 4 saturated heterocycles. The van der Waals surface area contributed by atoms with Crippen molar-refractivity contribution in [3.05, 3.63) is 24.0 Å². The van der Waals surface area contributed by atoms with Crippen molar-refractivity contribution in [2.45, 2.75) is 70.4 Å². The third-order valence-corrected chi connectivity index (χ3v) is 8.34. The first-order valence-electron chi connectivity index (χ1n) is 12.3. The summed E-state index contributed by atoms with van der Waals surface area (Å²) >= 11 is 0. The Bertz CT molecular complexity index is 802. The molecule has 1 aromatic rings. The van der Waals surface area contributed by atoms with Gasteiger partial charge in [0.25, 0.3) is 0 Å². The molecule has 0 unspecified atom stereocenters. The minimum Gasteiger partial charge on any atom is -0.381 e. The lowest BCUT2D eigenvalue weighted by molar-refractivity contribution is -0.130. The predicted octanol–water partition coefficient (Wildman–Crippen LogP) is 4.20. The second-order valence-electron chi connectivity index (χ2n) is 10.0. The van der Waals surface area contributed by atoms with Crippen LogP contribution in [0.2, 0.25) is 0 Å². The summed E-state index contributed by atoms with van der Waals surface area (Å²) in [7, 11) is 0. The number of carbonyl (C=O) groups excluding carboxylic acids is 1. The lowest BCUT2D eigenvalue weighted by Gasteiger charge is -2.44. The molecule has 4 aliphatic heterocycles. The number of halogens is 1. The Kier molecular flexibility index (Phi) is 5.95. The van der Waals surface area contributed by atoms with E-state index in [-0.39, 0.29) is 17.1 Å². The number of ether oxygens (including phenoxy) is 1. The van der Waals surface area contributed by atoms with E-state index in [1.807, 2.05) is 12.1 Å². The van der Waals surface area contributed by atoms with Crippen LogP contribution in [0.25, 0.3) is 0 Å². The molecule has 1 aromatic carbocycles. The third-order valence-electron chi connectivity index (χ3n) is 8.34. The molecule has 0 aliphatic carbocycles. The fourth-order valence-electron chi connectivity index (χ4n) is 6.31. The number of rotatable bonds is 3. The summed E-state index contributed by atoms with van der Waals surface area (Å²) < 4.78 is 20.6. The van der Waals surface area contributed by atoms with Crippen molar-refractivity contribution in [3.63, 3.8) is 0 Å². The number of likely N-dealkylation sites (tertiary alicyclic amines) is 1. The van der Waals surface area contributed by atoms with Crippen molar-refractivity contribution in [2.75, 3.05) is 49.2 Å². The summed E-state index contributed by atoms with van der Waals surface area (Å²) in [5.41, 5.74) is 1.05. The Balaban J connectivity index is 1.24. The molecule has 5 rings (SSSR count). The first-order chi connectivity index (χ1) is 15.1. The number of nitrogens with zero attached hydrogens (tertiary/aromatic N) is 3. The highest BCUT2D eigenvalue weighted by Gasteiger charge is 2.48. The molecule has 0 N–H and O–H groups in total. The normalized spacial score (nSPS) is 27.9. The highest BCUT2D eigenvalue weighted by atomic mass is 19.1. The SMILES string of the molecule is C[C@H]1CCCCN1C1CCN(c2ccc(N3CCC4(CCOCC4)C3=O)c(F)c2)CC1. The van der Waals surface area contributed by atoms with Crippen molar-refractivity contribution in [1.29, 1.82) is 0 Å². The molecule has 0 saturated carbocycles. The number of piperidine rings is 2. The average molecular weight is 430 g/mol. The van der Waals surface area contributed by atoms with Gasteiger partial charge < -0.3 is 14.5 Å². The van der Waals surface area contributed by atoms with E-state index in [4.69, 9.17) is 4.74 Å². The van der Waals surface area contributed by atoms with Gasteiger partial charge in [0.1, 0.15) is 5.82 Å². The van der Waals surface area contributed by atoms with Gasteiger partial charge in [-0.15, -0.1) is 0 Å². The molecule has 31 heavy (non-hydrogen) atoms. The number of hydrogen-bond acceptors (Lipinski definition) is 4. The topological polar surface area (TPSA) is 36.0 Å². The van der Waals surface area contributed by atoms with Gasteiger partial charge >= 0.3 is 0 Å². The monoisotopic (exact) mass is 429 g/mol. The van der Waals surface area contributed by atoms with Gasteiger partial charge in [-0.05, 0) is 76.6 Å². The molecule has 0 bridgehead atoms. The number of carbonyl (C=O) groups is 1. The molecule has 1 atom stereocenters. The van der Waals surface area contributed by atoms with Gasteiger partial charge in [0.15, 0.2) is 0 Å². The average Bonchev–Trinajstić information content (AvgIpc) is 3.10. The second-order valence-corrected chi connectivity index (χ2v) is 10.0. The summed E-state index contributed by atoms with van der Waals surface area (Å²) in [6.45, 7) is 7.40. The molecule has 0 aromatic heterocycles. The lowest BCUT2D eigenvalue weighted by atomic mass is 9.79. The molecule has 6 heteroatoms. The van der Waals surface area contributed by atoms with Crippen LogP contribution in [0.15, 0.2) is 18.2 Å². The van der Waals surface area contributed by atoms with Gasteiger partial charge in [0.2, 0.25) is 5.91 Å². The van der Waals surface area contributed by atoms with Gasteiger partial charge in [-0.25, -0.2) is 4.39 Å². The number of anilines is 2. The van der Waals surface area contributed by atoms with Crippen molar-refractivity contribution >= 4 is 17.3 Å². The Morgan fingerprint density at radius 3 is 2.48 bits per heavy atom.